The van der Waals surface area contributed by atoms with Crippen LogP contribution in [0.2, 0.25) is 5.15 Å². The second-order valence-corrected chi connectivity index (χ2v) is 3.03. The van der Waals surface area contributed by atoms with Crippen molar-refractivity contribution in [1.82, 2.24) is 4.98 Å². The van der Waals surface area contributed by atoms with Crippen LogP contribution in [0.1, 0.15) is 19.4 Å². The Labute approximate surface area is 96.4 Å². The van der Waals surface area contributed by atoms with E-state index < -0.39 is 0 Å². The third-order valence-electron chi connectivity index (χ3n) is 1.45. The molecular formula is C11H18ClNO2. The number of halogens is 1. The monoisotopic (exact) mass is 231 g/mol. The molecule has 1 rings (SSSR count). The number of methoxy groups -OCH3 is 1. The third kappa shape index (κ3) is 6.31. The van der Waals surface area contributed by atoms with E-state index in [0.717, 1.165) is 5.56 Å². The maximum Gasteiger partial charge on any atom is 0.214 e. The normalized spacial score (nSPS) is 9.13. The van der Waals surface area contributed by atoms with Crippen LogP contribution in [0.3, 0.4) is 0 Å². The van der Waals surface area contributed by atoms with Crippen LogP contribution in [-0.4, -0.2) is 25.3 Å². The highest BCUT2D eigenvalue weighted by Crippen LogP contribution is 2.15. The van der Waals surface area contributed by atoms with Crippen LogP contribution in [0.15, 0.2) is 12.1 Å². The Kier molecular flexibility index (Phi) is 8.05. The van der Waals surface area contributed by atoms with Gasteiger partial charge in [0.1, 0.15) is 11.8 Å². The lowest BCUT2D eigenvalue weighted by atomic mass is 10.3. The molecule has 4 heteroatoms. The molecule has 1 aromatic rings. The van der Waals surface area contributed by atoms with Crippen molar-refractivity contribution >= 4 is 11.6 Å². The molecule has 0 aliphatic heterocycles. The highest BCUT2D eigenvalue weighted by atomic mass is 35.5. The lowest BCUT2D eigenvalue weighted by Gasteiger charge is -2.05. The quantitative estimate of drug-likeness (QED) is 0.590. The van der Waals surface area contributed by atoms with Crippen LogP contribution < -0.4 is 4.74 Å². The zero-order valence-corrected chi connectivity index (χ0v) is 10.5. The lowest BCUT2D eigenvalue weighted by Crippen LogP contribution is -2.05. The summed E-state index contributed by atoms with van der Waals surface area (Å²) in [5.74, 6) is 0.544. The largest absolute Gasteiger partial charge is 0.475 e. The molecular weight excluding hydrogens is 214 g/mol. The summed E-state index contributed by atoms with van der Waals surface area (Å²) in [6.07, 6.45) is 0. The molecule has 0 radical (unpaired) electrons. The number of pyridine rings is 1. The maximum absolute atomic E-state index is 5.74. The SMILES string of the molecule is CC.COCCOc1cc(C)cc(Cl)n1. The Morgan fingerprint density at radius 2 is 1.93 bits per heavy atom. The second kappa shape index (κ2) is 8.50. The minimum atomic E-state index is 0.451. The maximum atomic E-state index is 5.74. The molecule has 0 aromatic carbocycles. The van der Waals surface area contributed by atoms with Gasteiger partial charge in [-0.1, -0.05) is 25.4 Å². The molecule has 0 atom stereocenters. The fraction of sp³-hybridized carbons (Fsp3) is 0.545. The van der Waals surface area contributed by atoms with Crippen LogP contribution in [0, 0.1) is 6.92 Å². The zero-order chi connectivity index (χ0) is 11.7. The molecule has 3 nitrogen and oxygen atoms in total. The summed E-state index contributed by atoms with van der Waals surface area (Å²) in [5.41, 5.74) is 1.03. The number of nitrogens with zero attached hydrogens (tertiary/aromatic N) is 1. The molecule has 0 saturated carbocycles. The van der Waals surface area contributed by atoms with Gasteiger partial charge in [0.2, 0.25) is 5.88 Å². The first-order chi connectivity index (χ1) is 7.22. The summed E-state index contributed by atoms with van der Waals surface area (Å²) in [6.45, 7) is 6.98. The Hall–Kier alpha value is -0.800. The summed E-state index contributed by atoms with van der Waals surface area (Å²) in [5, 5.41) is 0.451. The van der Waals surface area contributed by atoms with Crippen LogP contribution in [-0.2, 0) is 4.74 Å². The van der Waals surface area contributed by atoms with E-state index >= 15 is 0 Å². The van der Waals surface area contributed by atoms with Gasteiger partial charge in [0.15, 0.2) is 0 Å². The molecule has 15 heavy (non-hydrogen) atoms. The predicted molar refractivity (Wildman–Crippen MR) is 62.7 cm³/mol. The fourth-order valence-electron chi connectivity index (χ4n) is 0.898. The molecule has 0 saturated heterocycles. The van der Waals surface area contributed by atoms with E-state index in [1.165, 1.54) is 0 Å². The Bertz CT molecular complexity index is 259. The van der Waals surface area contributed by atoms with E-state index in [4.69, 9.17) is 21.1 Å². The Balaban J connectivity index is 0.000000921. The van der Waals surface area contributed by atoms with E-state index in [2.05, 4.69) is 4.98 Å². The number of aryl methyl sites for hydroxylation is 1. The van der Waals surface area contributed by atoms with Crippen molar-refractivity contribution in [3.63, 3.8) is 0 Å². The molecule has 1 aromatic heterocycles. The zero-order valence-electron chi connectivity index (χ0n) is 9.71. The topological polar surface area (TPSA) is 31.4 Å². The highest BCUT2D eigenvalue weighted by molar-refractivity contribution is 6.29. The average Bonchev–Trinajstić information content (AvgIpc) is 2.20. The van der Waals surface area contributed by atoms with Crippen molar-refractivity contribution in [2.45, 2.75) is 20.8 Å². The van der Waals surface area contributed by atoms with E-state index in [9.17, 15) is 0 Å². The number of rotatable bonds is 4. The minimum absolute atomic E-state index is 0.451. The fourth-order valence-corrected chi connectivity index (χ4v) is 1.15. The van der Waals surface area contributed by atoms with Crippen molar-refractivity contribution in [1.29, 1.82) is 0 Å². The van der Waals surface area contributed by atoms with E-state index in [0.29, 0.717) is 24.2 Å². The van der Waals surface area contributed by atoms with Gasteiger partial charge in [0.05, 0.1) is 6.61 Å². The van der Waals surface area contributed by atoms with Gasteiger partial charge in [-0.2, -0.15) is 0 Å². The summed E-state index contributed by atoms with van der Waals surface area (Å²) >= 11 is 5.74. The van der Waals surface area contributed by atoms with Crippen molar-refractivity contribution in [3.8, 4) is 5.88 Å². The van der Waals surface area contributed by atoms with Gasteiger partial charge in [0, 0.05) is 13.2 Å². The van der Waals surface area contributed by atoms with Crippen LogP contribution in [0.4, 0.5) is 0 Å². The molecule has 0 aliphatic rings. The molecule has 0 bridgehead atoms. The number of aromatic nitrogens is 1. The van der Waals surface area contributed by atoms with Gasteiger partial charge in [-0.25, -0.2) is 4.98 Å². The molecule has 0 aliphatic carbocycles. The van der Waals surface area contributed by atoms with Gasteiger partial charge in [-0.3, -0.25) is 0 Å². The summed E-state index contributed by atoms with van der Waals surface area (Å²) < 4.78 is 10.1. The Morgan fingerprint density at radius 1 is 1.27 bits per heavy atom. The number of hydrogen-bond acceptors (Lipinski definition) is 3. The molecule has 86 valence electrons. The Morgan fingerprint density at radius 3 is 2.47 bits per heavy atom. The van der Waals surface area contributed by atoms with E-state index in [-0.39, 0.29) is 0 Å². The first kappa shape index (κ1) is 14.2. The van der Waals surface area contributed by atoms with E-state index in [1.807, 2.05) is 26.8 Å². The van der Waals surface area contributed by atoms with Gasteiger partial charge in [-0.05, 0) is 18.6 Å². The first-order valence-electron chi connectivity index (χ1n) is 4.98. The van der Waals surface area contributed by atoms with Gasteiger partial charge in [-0.15, -0.1) is 0 Å². The minimum Gasteiger partial charge on any atom is -0.475 e. The van der Waals surface area contributed by atoms with Crippen LogP contribution in [0.25, 0.3) is 0 Å². The van der Waals surface area contributed by atoms with Crippen LogP contribution in [0.5, 0.6) is 5.88 Å². The van der Waals surface area contributed by atoms with Crippen molar-refractivity contribution in [2.75, 3.05) is 20.3 Å². The first-order valence-corrected chi connectivity index (χ1v) is 5.36. The number of hydrogen-bond donors (Lipinski definition) is 0. The van der Waals surface area contributed by atoms with Crippen molar-refractivity contribution in [2.24, 2.45) is 0 Å². The third-order valence-corrected chi connectivity index (χ3v) is 1.65. The summed E-state index contributed by atoms with van der Waals surface area (Å²) in [4.78, 5) is 3.99. The van der Waals surface area contributed by atoms with Crippen molar-refractivity contribution < 1.29 is 9.47 Å². The predicted octanol–water partition coefficient (Wildman–Crippen LogP) is 3.09. The van der Waals surface area contributed by atoms with Crippen molar-refractivity contribution in [3.05, 3.63) is 22.8 Å². The lowest BCUT2D eigenvalue weighted by molar-refractivity contribution is 0.143. The highest BCUT2D eigenvalue weighted by Gasteiger charge is 1.98. The van der Waals surface area contributed by atoms with Crippen LogP contribution >= 0.6 is 11.6 Å². The number of ether oxygens (including phenoxy) is 2. The smallest absolute Gasteiger partial charge is 0.214 e. The average molecular weight is 232 g/mol. The molecule has 0 fully saturated rings. The summed E-state index contributed by atoms with van der Waals surface area (Å²) in [7, 11) is 1.63. The van der Waals surface area contributed by atoms with Gasteiger partial charge < -0.3 is 9.47 Å². The van der Waals surface area contributed by atoms with Gasteiger partial charge in [0.25, 0.3) is 0 Å². The van der Waals surface area contributed by atoms with E-state index in [1.54, 1.807) is 13.2 Å². The molecule has 0 amide bonds. The van der Waals surface area contributed by atoms with Gasteiger partial charge >= 0.3 is 0 Å². The summed E-state index contributed by atoms with van der Waals surface area (Å²) in [6, 6.07) is 3.62. The molecule has 0 spiro atoms. The standard InChI is InChI=1S/C9H12ClNO2.C2H6/c1-7-5-8(10)11-9(6-7)13-4-3-12-2;1-2/h5-6H,3-4H2,1-2H3;1-2H3. The molecule has 0 unspecified atom stereocenters. The molecule has 0 N–H and O–H groups in total. The molecule has 1 heterocycles. The second-order valence-electron chi connectivity index (χ2n) is 2.65.